The van der Waals surface area contributed by atoms with Crippen LogP contribution in [0.1, 0.15) is 33.0 Å². The van der Waals surface area contributed by atoms with E-state index in [1.807, 2.05) is 4.72 Å². The number of sulfonamides is 1. The van der Waals surface area contributed by atoms with Crippen LogP contribution in [0, 0.1) is 20.8 Å². The zero-order chi connectivity index (χ0) is 22.4. The van der Waals surface area contributed by atoms with Crippen molar-refractivity contribution in [3.8, 4) is 5.82 Å². The predicted molar refractivity (Wildman–Crippen MR) is 98.4 cm³/mol. The Balaban J connectivity index is 1.89. The van der Waals surface area contributed by atoms with Gasteiger partial charge in [-0.2, -0.15) is 23.4 Å². The van der Waals surface area contributed by atoms with Crippen LogP contribution in [0.4, 0.5) is 13.2 Å². The maximum Gasteiger partial charge on any atom is 0.417 e. The van der Waals surface area contributed by atoms with E-state index >= 15 is 0 Å². The number of carbonyl (C=O) groups is 1. The second-order valence-electron chi connectivity index (χ2n) is 6.52. The second kappa shape index (κ2) is 7.23. The Morgan fingerprint density at radius 3 is 2.27 bits per heavy atom. The molecule has 0 fully saturated rings. The quantitative estimate of drug-likeness (QED) is 0.662. The largest absolute Gasteiger partial charge is 0.417 e. The van der Waals surface area contributed by atoms with Crippen molar-refractivity contribution in [1.82, 2.24) is 29.3 Å². The van der Waals surface area contributed by atoms with Gasteiger partial charge in [-0.1, -0.05) is 0 Å². The van der Waals surface area contributed by atoms with Crippen LogP contribution in [0.15, 0.2) is 29.4 Å². The highest BCUT2D eigenvalue weighted by atomic mass is 32.2. The summed E-state index contributed by atoms with van der Waals surface area (Å²) in [5, 5.41) is 7.97. The Kier molecular flexibility index (Phi) is 5.18. The minimum atomic E-state index is -4.54. The van der Waals surface area contributed by atoms with Gasteiger partial charge in [-0.25, -0.2) is 22.8 Å². The number of amides is 1. The minimum Gasteiger partial charge on any atom is -0.271 e. The van der Waals surface area contributed by atoms with Gasteiger partial charge in [-0.3, -0.25) is 9.48 Å². The summed E-state index contributed by atoms with van der Waals surface area (Å²) >= 11 is 0. The first-order chi connectivity index (χ1) is 13.8. The Bertz CT molecular complexity index is 1230. The van der Waals surface area contributed by atoms with Gasteiger partial charge in [0, 0.05) is 13.2 Å². The standard InChI is InChI=1S/C17H17F3N6O3S/c1-9-15(11(3)25(4)23-9)30(28,29)24-16(27)13-8-22-26(10(13)2)14-6-5-12(7-21-14)17(18,19)20/h5-8H,1-4H3,(H,24,27). The third-order valence-electron chi connectivity index (χ3n) is 4.49. The van der Waals surface area contributed by atoms with E-state index < -0.39 is 27.7 Å². The number of carbonyl (C=O) groups excluding carboxylic acids is 1. The number of halogens is 3. The van der Waals surface area contributed by atoms with Crippen molar-refractivity contribution in [2.24, 2.45) is 7.05 Å². The van der Waals surface area contributed by atoms with E-state index in [2.05, 4.69) is 15.2 Å². The van der Waals surface area contributed by atoms with E-state index in [-0.39, 0.29) is 27.7 Å². The van der Waals surface area contributed by atoms with Gasteiger partial charge in [0.15, 0.2) is 5.82 Å². The molecule has 3 rings (SSSR count). The van der Waals surface area contributed by atoms with Crippen LogP contribution in [0.5, 0.6) is 0 Å². The summed E-state index contributed by atoms with van der Waals surface area (Å²) in [6.45, 7) is 4.53. The third-order valence-corrected chi connectivity index (χ3v) is 6.07. The highest BCUT2D eigenvalue weighted by molar-refractivity contribution is 7.90. The molecule has 0 aliphatic heterocycles. The van der Waals surface area contributed by atoms with E-state index in [1.54, 1.807) is 14.0 Å². The van der Waals surface area contributed by atoms with E-state index in [9.17, 15) is 26.4 Å². The van der Waals surface area contributed by atoms with Crippen molar-refractivity contribution < 1.29 is 26.4 Å². The fraction of sp³-hybridized carbons (Fsp3) is 0.294. The molecule has 0 saturated heterocycles. The van der Waals surface area contributed by atoms with E-state index in [0.717, 1.165) is 23.0 Å². The third kappa shape index (κ3) is 3.79. The summed E-state index contributed by atoms with van der Waals surface area (Å²) < 4.78 is 67.9. The monoisotopic (exact) mass is 442 g/mol. The molecule has 30 heavy (non-hydrogen) atoms. The number of nitrogens with zero attached hydrogens (tertiary/aromatic N) is 5. The number of aryl methyl sites for hydroxylation is 2. The number of pyridine rings is 1. The molecule has 1 N–H and O–H groups in total. The van der Waals surface area contributed by atoms with E-state index in [0.29, 0.717) is 11.9 Å². The molecule has 0 saturated carbocycles. The maximum absolute atomic E-state index is 12.7. The summed E-state index contributed by atoms with van der Waals surface area (Å²) in [5.41, 5.74) is -0.206. The Labute approximate surface area is 169 Å². The van der Waals surface area contributed by atoms with Crippen molar-refractivity contribution >= 4 is 15.9 Å². The summed E-state index contributed by atoms with van der Waals surface area (Å²) in [5.74, 6) is -0.894. The van der Waals surface area contributed by atoms with E-state index in [4.69, 9.17) is 0 Å². The number of alkyl halides is 3. The van der Waals surface area contributed by atoms with Crippen LogP contribution in [-0.2, 0) is 23.2 Å². The highest BCUT2D eigenvalue weighted by Crippen LogP contribution is 2.29. The van der Waals surface area contributed by atoms with Crippen molar-refractivity contribution in [3.05, 3.63) is 52.7 Å². The topological polar surface area (TPSA) is 112 Å². The molecule has 0 radical (unpaired) electrons. The number of hydrogen-bond donors (Lipinski definition) is 1. The van der Waals surface area contributed by atoms with Crippen molar-refractivity contribution in [3.63, 3.8) is 0 Å². The second-order valence-corrected chi connectivity index (χ2v) is 8.14. The molecule has 0 bridgehead atoms. The molecular formula is C17H17F3N6O3S. The minimum absolute atomic E-state index is 0.0429. The van der Waals surface area contributed by atoms with Crippen LogP contribution in [-0.4, -0.2) is 38.9 Å². The van der Waals surface area contributed by atoms with Gasteiger partial charge in [0.25, 0.3) is 15.9 Å². The molecule has 1 amide bonds. The first-order valence-corrected chi connectivity index (χ1v) is 9.97. The predicted octanol–water partition coefficient (Wildman–Crippen LogP) is 2.06. The van der Waals surface area contributed by atoms with Crippen molar-refractivity contribution in [1.29, 1.82) is 0 Å². The highest BCUT2D eigenvalue weighted by Gasteiger charge is 2.31. The van der Waals surface area contributed by atoms with Gasteiger partial charge < -0.3 is 0 Å². The fourth-order valence-electron chi connectivity index (χ4n) is 2.91. The van der Waals surface area contributed by atoms with Gasteiger partial charge in [0.2, 0.25) is 0 Å². The summed E-state index contributed by atoms with van der Waals surface area (Å²) in [7, 11) is -2.63. The van der Waals surface area contributed by atoms with Crippen LogP contribution in [0.2, 0.25) is 0 Å². The molecule has 0 atom stereocenters. The molecule has 3 aromatic heterocycles. The first-order valence-electron chi connectivity index (χ1n) is 8.48. The molecule has 0 aliphatic rings. The SMILES string of the molecule is Cc1nn(C)c(C)c1S(=O)(=O)NC(=O)c1cnn(-c2ccc(C(F)(F)F)cn2)c1C. The summed E-state index contributed by atoms with van der Waals surface area (Å²) in [6.07, 6.45) is -2.77. The average molecular weight is 442 g/mol. The molecule has 0 aliphatic carbocycles. The number of aromatic nitrogens is 5. The molecule has 0 spiro atoms. The van der Waals surface area contributed by atoms with Gasteiger partial charge in [0.1, 0.15) is 4.90 Å². The Morgan fingerprint density at radius 2 is 1.77 bits per heavy atom. The number of hydrogen-bond acceptors (Lipinski definition) is 6. The Morgan fingerprint density at radius 1 is 1.10 bits per heavy atom. The lowest BCUT2D eigenvalue weighted by atomic mass is 10.2. The molecule has 13 heteroatoms. The van der Waals surface area contributed by atoms with E-state index in [1.165, 1.54) is 18.5 Å². The normalized spacial score (nSPS) is 12.2. The van der Waals surface area contributed by atoms with Crippen molar-refractivity contribution in [2.45, 2.75) is 31.8 Å². The van der Waals surface area contributed by atoms with Gasteiger partial charge in [-0.15, -0.1) is 0 Å². The zero-order valence-electron chi connectivity index (χ0n) is 16.3. The molecule has 160 valence electrons. The Hall–Kier alpha value is -3.22. The zero-order valence-corrected chi connectivity index (χ0v) is 17.1. The smallest absolute Gasteiger partial charge is 0.271 e. The molecule has 0 aromatic carbocycles. The molecule has 3 aromatic rings. The first kappa shape index (κ1) is 21.5. The van der Waals surface area contributed by atoms with Crippen LogP contribution < -0.4 is 4.72 Å². The lowest BCUT2D eigenvalue weighted by Gasteiger charge is -2.09. The van der Waals surface area contributed by atoms with Crippen LogP contribution in [0.25, 0.3) is 5.82 Å². The van der Waals surface area contributed by atoms with Gasteiger partial charge in [-0.05, 0) is 32.9 Å². The van der Waals surface area contributed by atoms with Gasteiger partial charge >= 0.3 is 6.18 Å². The molecule has 0 unspecified atom stereocenters. The molecule has 9 nitrogen and oxygen atoms in total. The lowest BCUT2D eigenvalue weighted by Crippen LogP contribution is -2.31. The number of nitrogens with one attached hydrogen (secondary N) is 1. The molecular weight excluding hydrogens is 425 g/mol. The summed E-state index contributed by atoms with van der Waals surface area (Å²) in [4.78, 5) is 16.2. The van der Waals surface area contributed by atoms with Crippen LogP contribution >= 0.6 is 0 Å². The van der Waals surface area contributed by atoms with Crippen molar-refractivity contribution in [2.75, 3.05) is 0 Å². The fourth-order valence-corrected chi connectivity index (χ4v) is 4.32. The average Bonchev–Trinajstić information content (AvgIpc) is 3.13. The van der Waals surface area contributed by atoms with Gasteiger partial charge in [0.05, 0.1) is 34.4 Å². The lowest BCUT2D eigenvalue weighted by molar-refractivity contribution is -0.137. The molecule has 3 heterocycles. The van der Waals surface area contributed by atoms with Crippen LogP contribution in [0.3, 0.4) is 0 Å². The summed E-state index contributed by atoms with van der Waals surface area (Å²) in [6, 6.07) is 1.94. The number of rotatable bonds is 4. The maximum atomic E-state index is 12.7.